The third kappa shape index (κ3) is 5.95. The van der Waals surface area contributed by atoms with E-state index >= 15 is 0 Å². The molecule has 1 N–H and O–H groups in total. The highest BCUT2D eigenvalue weighted by Gasteiger charge is 2.35. The van der Waals surface area contributed by atoms with E-state index in [0.717, 1.165) is 24.7 Å². The molecule has 1 aromatic heterocycles. The number of alkyl halides is 2. The molecule has 0 radical (unpaired) electrons. The molecule has 142 valence electrons. The summed E-state index contributed by atoms with van der Waals surface area (Å²) in [5, 5.41) is 4.01. The molecule has 1 aliphatic carbocycles. The zero-order valence-electron chi connectivity index (χ0n) is 15.2. The Labute approximate surface area is 152 Å². The first-order chi connectivity index (χ1) is 12.1. The van der Waals surface area contributed by atoms with Crippen LogP contribution in [-0.2, 0) is 4.74 Å². The summed E-state index contributed by atoms with van der Waals surface area (Å²) in [6, 6.07) is 1.97. The lowest BCUT2D eigenvalue weighted by Gasteiger charge is -2.30. The van der Waals surface area contributed by atoms with Gasteiger partial charge in [-0.3, -0.25) is 0 Å². The van der Waals surface area contributed by atoms with E-state index in [1.807, 2.05) is 26.2 Å². The van der Waals surface area contributed by atoms with Crippen molar-refractivity contribution in [3.05, 3.63) is 6.07 Å². The molecule has 0 unspecified atom stereocenters. The summed E-state index contributed by atoms with van der Waals surface area (Å²) >= 11 is 1.48. The van der Waals surface area contributed by atoms with E-state index in [-0.39, 0.29) is 18.9 Å². The van der Waals surface area contributed by atoms with E-state index in [1.165, 1.54) is 11.8 Å². The average Bonchev–Trinajstić information content (AvgIpc) is 2.65. The second-order valence-electron chi connectivity index (χ2n) is 5.97. The summed E-state index contributed by atoms with van der Waals surface area (Å²) in [7, 11) is 0. The molecule has 0 spiro atoms. The lowest BCUT2D eigenvalue weighted by atomic mass is 9.92. The summed E-state index contributed by atoms with van der Waals surface area (Å²) in [5.74, 6) is -0.912. The summed E-state index contributed by atoms with van der Waals surface area (Å²) in [6.45, 7) is 7.00. The van der Waals surface area contributed by atoms with E-state index in [4.69, 9.17) is 4.74 Å². The highest BCUT2D eigenvalue weighted by molar-refractivity contribution is 7.98. The number of hydrogen-bond acceptors (Lipinski definition) is 6. The Morgan fingerprint density at radius 3 is 2.44 bits per heavy atom. The van der Waals surface area contributed by atoms with Gasteiger partial charge in [0.2, 0.25) is 5.92 Å². The number of ether oxygens (including phenoxy) is 1. The van der Waals surface area contributed by atoms with Crippen molar-refractivity contribution >= 4 is 23.4 Å². The van der Waals surface area contributed by atoms with Crippen molar-refractivity contribution in [3.63, 3.8) is 0 Å². The fourth-order valence-corrected chi connectivity index (χ4v) is 3.30. The summed E-state index contributed by atoms with van der Waals surface area (Å²) in [4.78, 5) is 11.2. The Morgan fingerprint density at radius 1 is 1.20 bits per heavy atom. The first-order valence-corrected chi connectivity index (χ1v) is 10.2. The van der Waals surface area contributed by atoms with Crippen molar-refractivity contribution < 1.29 is 13.5 Å². The molecule has 1 saturated carbocycles. The predicted molar refractivity (Wildman–Crippen MR) is 99.0 cm³/mol. The van der Waals surface area contributed by atoms with Gasteiger partial charge in [-0.15, -0.1) is 0 Å². The van der Waals surface area contributed by atoms with Crippen LogP contribution in [0, 0.1) is 0 Å². The Balaban J connectivity index is 0.00000109. The van der Waals surface area contributed by atoms with Crippen LogP contribution in [0.2, 0.25) is 0 Å². The standard InChI is InChI=1S/C15H22F2N4OS.C2H6/c1-23-14-19-12(18-11-2-4-15(16,17)5-3-11)10-13(20-14)21-6-8-22-9-7-21;1-2/h10-11H,2-9H2,1H3,(H,18,19,20);1-2H3. The van der Waals surface area contributed by atoms with Gasteiger partial charge in [0.25, 0.3) is 0 Å². The molecule has 5 nitrogen and oxygen atoms in total. The number of rotatable bonds is 4. The Morgan fingerprint density at radius 2 is 1.84 bits per heavy atom. The van der Waals surface area contributed by atoms with Gasteiger partial charge < -0.3 is 15.0 Å². The molecule has 0 bridgehead atoms. The second kappa shape index (κ2) is 9.52. The number of thioether (sulfide) groups is 1. The minimum Gasteiger partial charge on any atom is -0.378 e. The maximum absolute atomic E-state index is 13.3. The molecular weight excluding hydrogens is 346 g/mol. The first-order valence-electron chi connectivity index (χ1n) is 8.96. The van der Waals surface area contributed by atoms with Crippen molar-refractivity contribution in [1.82, 2.24) is 9.97 Å². The molecule has 2 fully saturated rings. The Kier molecular flexibility index (Phi) is 7.68. The van der Waals surface area contributed by atoms with Gasteiger partial charge in [-0.1, -0.05) is 25.6 Å². The zero-order valence-corrected chi connectivity index (χ0v) is 16.0. The van der Waals surface area contributed by atoms with Crippen molar-refractivity contribution in [1.29, 1.82) is 0 Å². The fourth-order valence-electron chi connectivity index (χ4n) is 2.93. The van der Waals surface area contributed by atoms with Gasteiger partial charge in [0, 0.05) is 38.0 Å². The van der Waals surface area contributed by atoms with Gasteiger partial charge in [0.05, 0.1) is 13.2 Å². The molecule has 0 atom stereocenters. The van der Waals surface area contributed by atoms with Gasteiger partial charge in [0.15, 0.2) is 5.16 Å². The molecule has 0 amide bonds. The molecular formula is C17H28F2N4OS. The number of anilines is 2. The van der Waals surface area contributed by atoms with Crippen LogP contribution in [0.4, 0.5) is 20.4 Å². The van der Waals surface area contributed by atoms with Crippen LogP contribution in [0.1, 0.15) is 39.5 Å². The van der Waals surface area contributed by atoms with Crippen LogP contribution >= 0.6 is 11.8 Å². The molecule has 1 aromatic rings. The van der Waals surface area contributed by atoms with Gasteiger partial charge in [0.1, 0.15) is 11.6 Å². The van der Waals surface area contributed by atoms with Gasteiger partial charge in [-0.25, -0.2) is 18.7 Å². The summed E-state index contributed by atoms with van der Waals surface area (Å²) in [5.41, 5.74) is 0. The quantitative estimate of drug-likeness (QED) is 0.634. The lowest BCUT2D eigenvalue weighted by molar-refractivity contribution is -0.0361. The van der Waals surface area contributed by atoms with E-state index in [2.05, 4.69) is 20.2 Å². The third-order valence-electron chi connectivity index (χ3n) is 4.28. The number of hydrogen-bond donors (Lipinski definition) is 1. The predicted octanol–water partition coefficient (Wildman–Crippen LogP) is 4.05. The fraction of sp³-hybridized carbons (Fsp3) is 0.765. The van der Waals surface area contributed by atoms with Crippen molar-refractivity contribution in [2.45, 2.75) is 56.7 Å². The van der Waals surface area contributed by atoms with Crippen molar-refractivity contribution in [2.75, 3.05) is 42.8 Å². The first kappa shape index (κ1) is 20.2. The van der Waals surface area contributed by atoms with Crippen LogP contribution in [-0.4, -0.2) is 54.5 Å². The smallest absolute Gasteiger partial charge is 0.248 e. The normalized spacial score (nSPS) is 20.6. The molecule has 8 heteroatoms. The van der Waals surface area contributed by atoms with Crippen LogP contribution in [0.15, 0.2) is 11.2 Å². The number of nitrogens with zero attached hydrogens (tertiary/aromatic N) is 3. The zero-order chi connectivity index (χ0) is 18.3. The minimum atomic E-state index is -2.51. The van der Waals surface area contributed by atoms with E-state index in [0.29, 0.717) is 31.2 Å². The number of nitrogens with one attached hydrogen (secondary N) is 1. The molecule has 2 aliphatic rings. The highest BCUT2D eigenvalue weighted by Crippen LogP contribution is 2.34. The van der Waals surface area contributed by atoms with Crippen LogP contribution in [0.5, 0.6) is 0 Å². The number of morpholine rings is 1. The monoisotopic (exact) mass is 374 g/mol. The molecule has 1 saturated heterocycles. The SMILES string of the molecule is CC.CSc1nc(NC2CCC(F)(F)CC2)cc(N2CCOCC2)n1. The second-order valence-corrected chi connectivity index (χ2v) is 6.75. The van der Waals surface area contributed by atoms with Gasteiger partial charge >= 0.3 is 0 Å². The summed E-state index contributed by atoms with van der Waals surface area (Å²) in [6.07, 6.45) is 2.77. The van der Waals surface area contributed by atoms with Crippen molar-refractivity contribution in [3.8, 4) is 0 Å². The van der Waals surface area contributed by atoms with E-state index in [1.54, 1.807) is 0 Å². The van der Waals surface area contributed by atoms with E-state index in [9.17, 15) is 8.78 Å². The molecule has 3 rings (SSSR count). The summed E-state index contributed by atoms with van der Waals surface area (Å²) < 4.78 is 31.9. The number of aromatic nitrogens is 2. The molecule has 25 heavy (non-hydrogen) atoms. The maximum Gasteiger partial charge on any atom is 0.248 e. The van der Waals surface area contributed by atoms with Crippen LogP contribution < -0.4 is 10.2 Å². The largest absolute Gasteiger partial charge is 0.378 e. The highest BCUT2D eigenvalue weighted by atomic mass is 32.2. The minimum absolute atomic E-state index is 0.0526. The Bertz CT molecular complexity index is 531. The van der Waals surface area contributed by atoms with Crippen LogP contribution in [0.25, 0.3) is 0 Å². The van der Waals surface area contributed by atoms with Gasteiger partial charge in [-0.05, 0) is 19.1 Å². The average molecular weight is 375 g/mol. The topological polar surface area (TPSA) is 50.3 Å². The molecule has 1 aliphatic heterocycles. The van der Waals surface area contributed by atoms with Gasteiger partial charge in [-0.2, -0.15) is 0 Å². The third-order valence-corrected chi connectivity index (χ3v) is 4.83. The molecule has 0 aromatic carbocycles. The maximum atomic E-state index is 13.3. The number of halogens is 2. The van der Waals surface area contributed by atoms with Crippen LogP contribution in [0.3, 0.4) is 0 Å². The Hall–Kier alpha value is -1.15. The van der Waals surface area contributed by atoms with E-state index < -0.39 is 5.92 Å². The molecule has 2 heterocycles. The van der Waals surface area contributed by atoms with Crippen molar-refractivity contribution in [2.24, 2.45) is 0 Å². The lowest BCUT2D eigenvalue weighted by Crippen LogP contribution is -2.37.